The van der Waals surface area contributed by atoms with E-state index in [9.17, 15) is 31.1 Å². The molecule has 1 aliphatic rings. The molecule has 1 aliphatic heterocycles. The van der Waals surface area contributed by atoms with E-state index in [-0.39, 0.29) is 35.7 Å². The maximum absolute atomic E-state index is 13.5. The van der Waals surface area contributed by atoms with Crippen molar-refractivity contribution in [1.82, 2.24) is 19.8 Å². The normalized spacial score (nSPS) is 16.0. The maximum atomic E-state index is 13.5. The van der Waals surface area contributed by atoms with Crippen molar-refractivity contribution in [2.24, 2.45) is 0 Å². The largest absolute Gasteiger partial charge is 0.416 e. The average molecular weight is 759 g/mol. The summed E-state index contributed by atoms with van der Waals surface area (Å²) in [6.07, 6.45) is -8.02. The van der Waals surface area contributed by atoms with E-state index < -0.39 is 35.0 Å². The molecule has 2 N–H and O–H groups in total. The molecular formula is C36H39Cl2F6N5O2. The Balaban J connectivity index is 1.25. The highest BCUT2D eigenvalue weighted by molar-refractivity contribution is 6.42. The van der Waals surface area contributed by atoms with E-state index in [4.69, 9.17) is 32.9 Å². The van der Waals surface area contributed by atoms with Gasteiger partial charge in [0.2, 0.25) is 5.95 Å². The number of nitrogens with zero attached hydrogens (tertiary/aromatic N) is 3. The second-order valence-corrected chi connectivity index (χ2v) is 13.6. The molecule has 4 aromatic rings. The molecule has 276 valence electrons. The number of hydrogen-bond donors (Lipinski definition) is 2. The van der Waals surface area contributed by atoms with Gasteiger partial charge in [-0.2, -0.15) is 26.3 Å². The molecule has 2 unspecified atom stereocenters. The summed E-state index contributed by atoms with van der Waals surface area (Å²) in [6, 6.07) is 12.1. The number of piperidine rings is 1. The molecule has 51 heavy (non-hydrogen) atoms. The summed E-state index contributed by atoms with van der Waals surface area (Å²) in [5.74, 6) is -0.620. The van der Waals surface area contributed by atoms with E-state index in [0.29, 0.717) is 42.7 Å². The second-order valence-electron chi connectivity index (χ2n) is 12.8. The minimum atomic E-state index is -5.07. The number of aromatic nitrogens is 2. The van der Waals surface area contributed by atoms with Crippen LogP contribution in [0.1, 0.15) is 77.7 Å². The number of carbonyl (C=O) groups excluding carboxylic acids is 1. The van der Waals surface area contributed by atoms with Crippen LogP contribution in [0.25, 0.3) is 11.0 Å². The molecule has 1 saturated heterocycles. The smallest absolute Gasteiger partial charge is 0.374 e. The van der Waals surface area contributed by atoms with E-state index >= 15 is 0 Å². The Kier molecular flexibility index (Phi) is 12.2. The molecule has 0 saturated carbocycles. The Hall–Kier alpha value is -3.52. The van der Waals surface area contributed by atoms with Crippen LogP contribution in [0.15, 0.2) is 54.6 Å². The highest BCUT2D eigenvalue weighted by atomic mass is 35.5. The molecule has 15 heteroatoms. The van der Waals surface area contributed by atoms with Gasteiger partial charge in [0.1, 0.15) is 0 Å². The van der Waals surface area contributed by atoms with Crippen LogP contribution in [0.2, 0.25) is 10.0 Å². The molecule has 0 aliphatic carbocycles. The van der Waals surface area contributed by atoms with E-state index in [1.165, 1.54) is 7.05 Å². The van der Waals surface area contributed by atoms with Gasteiger partial charge in [-0.25, -0.2) is 4.98 Å². The van der Waals surface area contributed by atoms with Crippen LogP contribution in [0.3, 0.4) is 0 Å². The first-order valence-corrected chi connectivity index (χ1v) is 17.4. The summed E-state index contributed by atoms with van der Waals surface area (Å²) < 4.78 is 86.7. The Morgan fingerprint density at radius 1 is 1.02 bits per heavy atom. The molecule has 0 radical (unpaired) electrons. The summed E-state index contributed by atoms with van der Waals surface area (Å²) in [5, 5.41) is 4.14. The van der Waals surface area contributed by atoms with Crippen LogP contribution in [-0.4, -0.2) is 71.6 Å². The van der Waals surface area contributed by atoms with Gasteiger partial charge < -0.3 is 24.8 Å². The van der Waals surface area contributed by atoms with Crippen LogP contribution in [0.4, 0.5) is 32.3 Å². The predicted molar refractivity (Wildman–Crippen MR) is 186 cm³/mol. The second kappa shape index (κ2) is 16.0. The number of carbonyl (C=O) groups is 1. The molecule has 3 aromatic carbocycles. The third-order valence-corrected chi connectivity index (χ3v) is 9.95. The van der Waals surface area contributed by atoms with E-state index in [1.54, 1.807) is 18.2 Å². The topological polar surface area (TPSA) is 73.5 Å². The van der Waals surface area contributed by atoms with E-state index in [0.717, 1.165) is 53.0 Å². The van der Waals surface area contributed by atoms with Gasteiger partial charge in [0.05, 0.1) is 38.3 Å². The van der Waals surface area contributed by atoms with Gasteiger partial charge in [-0.05, 0) is 81.6 Å². The highest BCUT2D eigenvalue weighted by Gasteiger charge is 2.38. The number of likely N-dealkylation sites (tertiary alicyclic amines) is 1. The summed E-state index contributed by atoms with van der Waals surface area (Å²) in [7, 11) is 1.36. The summed E-state index contributed by atoms with van der Waals surface area (Å²) >= 11 is 12.5. The Labute approximate surface area is 302 Å². The van der Waals surface area contributed by atoms with Crippen LogP contribution < -0.4 is 5.32 Å². The number of likely N-dealkylation sites (N-methyl/N-ethyl adjacent to an activating group) is 1. The number of halogens is 8. The van der Waals surface area contributed by atoms with Crippen molar-refractivity contribution in [2.75, 3.05) is 45.2 Å². The molecule has 0 bridgehead atoms. The first-order chi connectivity index (χ1) is 24.0. The number of aromatic amines is 1. The van der Waals surface area contributed by atoms with Crippen molar-refractivity contribution in [3.63, 3.8) is 0 Å². The van der Waals surface area contributed by atoms with Crippen molar-refractivity contribution in [1.29, 1.82) is 0 Å². The first-order valence-electron chi connectivity index (χ1n) is 16.6. The third kappa shape index (κ3) is 9.68. The fourth-order valence-electron chi connectivity index (χ4n) is 6.47. The summed E-state index contributed by atoms with van der Waals surface area (Å²) in [6.45, 7) is 6.75. The number of hydrogen-bond acceptors (Lipinski definition) is 5. The minimum Gasteiger partial charge on any atom is -0.374 e. The zero-order chi connectivity index (χ0) is 37.1. The Bertz CT molecular complexity index is 1790. The molecule has 1 fully saturated rings. The number of rotatable bonds is 12. The monoisotopic (exact) mass is 757 g/mol. The van der Waals surface area contributed by atoms with Crippen LogP contribution >= 0.6 is 23.2 Å². The predicted octanol–water partition coefficient (Wildman–Crippen LogP) is 9.83. The molecule has 2 heterocycles. The van der Waals surface area contributed by atoms with Crippen LogP contribution in [0, 0.1) is 0 Å². The third-order valence-electron chi connectivity index (χ3n) is 9.21. The maximum Gasteiger partial charge on any atom is 0.416 e. The fraction of sp³-hybridized carbons (Fsp3) is 0.444. The number of ether oxygens (including phenoxy) is 1. The van der Waals surface area contributed by atoms with Gasteiger partial charge in [0, 0.05) is 56.4 Å². The number of imidazole rings is 1. The lowest BCUT2D eigenvalue weighted by atomic mass is 9.93. The Morgan fingerprint density at radius 2 is 1.69 bits per heavy atom. The SMILES string of the molecule is CCOC(C)c1cccc2[nH]c(NC3CCN(CCC(CN(C)C(=O)c4cc(C(F)(F)F)cc(C(F)(F)F)c4)c4ccc(Cl)c(Cl)c4)CC3)nc12. The van der Waals surface area contributed by atoms with Crippen molar-refractivity contribution in [3.05, 3.63) is 92.5 Å². The van der Waals surface area contributed by atoms with Gasteiger partial charge in [0.15, 0.2) is 0 Å². The molecule has 5 rings (SSSR count). The van der Waals surface area contributed by atoms with Crippen molar-refractivity contribution in [3.8, 4) is 0 Å². The zero-order valence-corrected chi connectivity index (χ0v) is 29.8. The zero-order valence-electron chi connectivity index (χ0n) is 28.3. The Morgan fingerprint density at radius 3 is 2.29 bits per heavy atom. The lowest BCUT2D eigenvalue weighted by molar-refractivity contribution is -0.143. The number of amides is 1. The van der Waals surface area contributed by atoms with Crippen LogP contribution in [0.5, 0.6) is 0 Å². The first kappa shape index (κ1) is 38.7. The molecule has 1 amide bonds. The number of H-pyrrole nitrogens is 1. The van der Waals surface area contributed by atoms with E-state index in [2.05, 4.69) is 15.2 Å². The number of fused-ring (bicyclic) bond motifs is 1. The van der Waals surface area contributed by atoms with Gasteiger partial charge in [-0.1, -0.05) is 41.4 Å². The number of para-hydroxylation sites is 1. The number of alkyl halides is 6. The van der Waals surface area contributed by atoms with Crippen molar-refractivity contribution in [2.45, 2.75) is 63.5 Å². The number of anilines is 1. The average Bonchev–Trinajstić information content (AvgIpc) is 3.49. The lowest BCUT2D eigenvalue weighted by Gasteiger charge is -2.34. The standard InChI is InChI=1S/C36H39Cl2F6N5O2/c1-4-51-21(2)28-6-5-7-31-32(28)47-34(46-31)45-27-11-14-49(15-12-27)13-10-23(22-8-9-29(37)30(38)18-22)20-48(3)33(50)24-16-25(35(39,40)41)19-26(17-24)36(42,43)44/h5-9,16-19,21,23,27H,4,10-15,20H2,1-3H3,(H2,45,46,47). The quantitative estimate of drug-likeness (QED) is 0.141. The van der Waals surface area contributed by atoms with Gasteiger partial charge in [0.25, 0.3) is 5.91 Å². The van der Waals surface area contributed by atoms with Crippen LogP contribution in [-0.2, 0) is 17.1 Å². The molecule has 7 nitrogen and oxygen atoms in total. The van der Waals surface area contributed by atoms with Crippen molar-refractivity contribution >= 4 is 46.1 Å². The lowest BCUT2D eigenvalue weighted by Crippen LogP contribution is -2.40. The molecule has 0 spiro atoms. The number of benzene rings is 3. The fourth-order valence-corrected chi connectivity index (χ4v) is 6.77. The van der Waals surface area contributed by atoms with Crippen molar-refractivity contribution < 1.29 is 35.9 Å². The van der Waals surface area contributed by atoms with Gasteiger partial charge >= 0.3 is 12.4 Å². The summed E-state index contributed by atoms with van der Waals surface area (Å²) in [5.41, 5.74) is -0.259. The molecule has 1 aromatic heterocycles. The highest BCUT2D eigenvalue weighted by Crippen LogP contribution is 2.37. The molecular weight excluding hydrogens is 719 g/mol. The van der Waals surface area contributed by atoms with Gasteiger partial charge in [-0.3, -0.25) is 4.79 Å². The van der Waals surface area contributed by atoms with E-state index in [1.807, 2.05) is 32.0 Å². The number of nitrogens with one attached hydrogen (secondary N) is 2. The summed E-state index contributed by atoms with van der Waals surface area (Å²) in [4.78, 5) is 24.9. The van der Waals surface area contributed by atoms with Gasteiger partial charge in [-0.15, -0.1) is 0 Å². The molecule has 2 atom stereocenters. The minimum absolute atomic E-state index is 0.00487.